The molecule has 3 atom stereocenters. The molecule has 2 fully saturated rings. The van der Waals surface area contributed by atoms with Gasteiger partial charge in [0, 0.05) is 11.4 Å². The Labute approximate surface area is 120 Å². The molecule has 2 aliphatic rings. The lowest BCUT2D eigenvalue weighted by molar-refractivity contribution is -0.148. The van der Waals surface area contributed by atoms with Crippen molar-refractivity contribution in [1.82, 2.24) is 0 Å². The molecule has 0 bridgehead atoms. The largest absolute Gasteiger partial charge is 0.458 e. The molecule has 104 valence electrons. The van der Waals surface area contributed by atoms with Crippen LogP contribution in [0.3, 0.4) is 0 Å². The summed E-state index contributed by atoms with van der Waals surface area (Å²) in [4.78, 5) is 11.0. The van der Waals surface area contributed by atoms with Gasteiger partial charge in [0.05, 0.1) is 0 Å². The monoisotopic (exact) mass is 280 g/mol. The van der Waals surface area contributed by atoms with Crippen molar-refractivity contribution in [2.24, 2.45) is 11.8 Å². The second-order valence-electron chi connectivity index (χ2n) is 5.37. The SMILES string of the molecule is C1CC2CC12.CCC(=O)OC(C)c1cccc(Cl)c1. The molecule has 0 aliphatic heterocycles. The summed E-state index contributed by atoms with van der Waals surface area (Å²) in [5.74, 6) is 2.27. The zero-order valence-electron chi connectivity index (χ0n) is 11.6. The second kappa shape index (κ2) is 6.42. The molecule has 19 heavy (non-hydrogen) atoms. The van der Waals surface area contributed by atoms with Gasteiger partial charge in [-0.15, -0.1) is 0 Å². The van der Waals surface area contributed by atoms with Crippen LogP contribution >= 0.6 is 11.6 Å². The maximum Gasteiger partial charge on any atom is 0.306 e. The first-order chi connectivity index (χ1) is 9.10. The zero-order valence-corrected chi connectivity index (χ0v) is 12.3. The molecule has 0 N–H and O–H groups in total. The van der Waals surface area contributed by atoms with E-state index in [2.05, 4.69) is 0 Å². The Balaban J connectivity index is 0.000000215. The van der Waals surface area contributed by atoms with Gasteiger partial charge in [0.1, 0.15) is 6.10 Å². The van der Waals surface area contributed by atoms with Crippen molar-refractivity contribution in [1.29, 1.82) is 0 Å². The van der Waals surface area contributed by atoms with Crippen LogP contribution in [0.4, 0.5) is 0 Å². The molecular weight excluding hydrogens is 260 g/mol. The summed E-state index contributed by atoms with van der Waals surface area (Å²) in [5.41, 5.74) is 0.916. The standard InChI is InChI=1S/C11H13ClO2.C5H8/c1-3-11(13)14-8(2)9-5-4-6-10(12)7-9;1-2-5-3-4(1)5/h4-8H,3H2,1-2H3;4-5H,1-3H2. The number of esters is 1. The summed E-state index contributed by atoms with van der Waals surface area (Å²) in [6.45, 7) is 3.60. The summed E-state index contributed by atoms with van der Waals surface area (Å²) in [6, 6.07) is 7.32. The van der Waals surface area contributed by atoms with Gasteiger partial charge in [-0.2, -0.15) is 0 Å². The molecule has 2 aliphatic carbocycles. The molecule has 0 amide bonds. The van der Waals surface area contributed by atoms with E-state index in [1.165, 1.54) is 11.8 Å². The predicted octanol–water partition coefficient (Wildman–Crippen LogP) is 4.77. The number of rotatable bonds is 3. The maximum absolute atomic E-state index is 11.0. The van der Waals surface area contributed by atoms with Crippen LogP contribution in [0.25, 0.3) is 0 Å². The molecule has 0 saturated heterocycles. The average molecular weight is 281 g/mol. The molecule has 3 unspecified atom stereocenters. The van der Waals surface area contributed by atoms with Gasteiger partial charge in [-0.25, -0.2) is 0 Å². The highest BCUT2D eigenvalue weighted by Crippen LogP contribution is 2.55. The van der Waals surface area contributed by atoms with Gasteiger partial charge in [0.15, 0.2) is 0 Å². The first kappa shape index (κ1) is 14.4. The highest BCUT2D eigenvalue weighted by atomic mass is 35.5. The van der Waals surface area contributed by atoms with E-state index in [-0.39, 0.29) is 12.1 Å². The molecule has 1 aromatic rings. The topological polar surface area (TPSA) is 26.3 Å². The molecule has 3 rings (SSSR count). The van der Waals surface area contributed by atoms with Gasteiger partial charge in [0.25, 0.3) is 0 Å². The molecule has 3 heteroatoms. The molecule has 2 nitrogen and oxygen atoms in total. The first-order valence-corrected chi connectivity index (χ1v) is 7.43. The number of carbonyl (C=O) groups excluding carboxylic acids is 1. The normalized spacial score (nSPS) is 24.2. The number of benzene rings is 1. The minimum Gasteiger partial charge on any atom is -0.458 e. The van der Waals surface area contributed by atoms with Crippen molar-refractivity contribution in [3.8, 4) is 0 Å². The van der Waals surface area contributed by atoms with Crippen LogP contribution in [0.15, 0.2) is 24.3 Å². The number of carbonyl (C=O) groups is 1. The first-order valence-electron chi connectivity index (χ1n) is 7.05. The van der Waals surface area contributed by atoms with Crippen molar-refractivity contribution in [3.05, 3.63) is 34.9 Å². The second-order valence-corrected chi connectivity index (χ2v) is 5.81. The lowest BCUT2D eigenvalue weighted by Gasteiger charge is -2.12. The molecule has 0 spiro atoms. The smallest absolute Gasteiger partial charge is 0.306 e. The lowest BCUT2D eigenvalue weighted by Crippen LogP contribution is -2.07. The number of fused-ring (bicyclic) bond motifs is 1. The van der Waals surface area contributed by atoms with Crippen molar-refractivity contribution in [2.75, 3.05) is 0 Å². The van der Waals surface area contributed by atoms with E-state index in [1.807, 2.05) is 19.1 Å². The number of hydrogen-bond acceptors (Lipinski definition) is 2. The summed E-state index contributed by atoms with van der Waals surface area (Å²) in [6.07, 6.45) is 4.86. The third-order valence-electron chi connectivity index (χ3n) is 3.89. The quantitative estimate of drug-likeness (QED) is 0.746. The molecule has 0 aromatic heterocycles. The van der Waals surface area contributed by atoms with Crippen molar-refractivity contribution >= 4 is 17.6 Å². The Morgan fingerprint density at radius 2 is 2.11 bits per heavy atom. The lowest BCUT2D eigenvalue weighted by atomic mass is 10.0. The van der Waals surface area contributed by atoms with Crippen molar-refractivity contribution in [3.63, 3.8) is 0 Å². The fraction of sp³-hybridized carbons (Fsp3) is 0.562. The van der Waals surface area contributed by atoms with Crippen LogP contribution in [-0.4, -0.2) is 5.97 Å². The van der Waals surface area contributed by atoms with E-state index in [4.69, 9.17) is 16.3 Å². The number of ether oxygens (including phenoxy) is 1. The van der Waals surface area contributed by atoms with Crippen LogP contribution in [0, 0.1) is 11.8 Å². The molecular formula is C16H21ClO2. The van der Waals surface area contributed by atoms with E-state index in [1.54, 1.807) is 38.3 Å². The van der Waals surface area contributed by atoms with Crippen LogP contribution in [0.1, 0.15) is 51.2 Å². The van der Waals surface area contributed by atoms with Crippen LogP contribution in [0.2, 0.25) is 5.02 Å². The fourth-order valence-corrected chi connectivity index (χ4v) is 2.49. The third kappa shape index (κ3) is 4.24. The molecule has 0 heterocycles. The zero-order chi connectivity index (χ0) is 13.8. The molecule has 2 saturated carbocycles. The van der Waals surface area contributed by atoms with Crippen molar-refractivity contribution in [2.45, 2.75) is 45.6 Å². The Hall–Kier alpha value is -1.02. The van der Waals surface area contributed by atoms with Gasteiger partial charge in [-0.05, 0) is 55.7 Å². The minimum absolute atomic E-state index is 0.197. The Bertz CT molecular complexity index is 432. The van der Waals surface area contributed by atoms with Crippen LogP contribution in [-0.2, 0) is 9.53 Å². The van der Waals surface area contributed by atoms with Crippen LogP contribution < -0.4 is 0 Å². The van der Waals surface area contributed by atoms with Gasteiger partial charge in [-0.1, -0.05) is 30.7 Å². The summed E-state index contributed by atoms with van der Waals surface area (Å²) in [7, 11) is 0. The van der Waals surface area contributed by atoms with Gasteiger partial charge in [0.2, 0.25) is 0 Å². The summed E-state index contributed by atoms with van der Waals surface area (Å²) in [5, 5.41) is 0.655. The van der Waals surface area contributed by atoms with Gasteiger partial charge >= 0.3 is 5.97 Å². The number of halogens is 1. The summed E-state index contributed by atoms with van der Waals surface area (Å²) < 4.78 is 5.14. The average Bonchev–Trinajstić information content (AvgIpc) is 2.96. The summed E-state index contributed by atoms with van der Waals surface area (Å²) >= 11 is 5.82. The van der Waals surface area contributed by atoms with Crippen LogP contribution in [0.5, 0.6) is 0 Å². The van der Waals surface area contributed by atoms with E-state index >= 15 is 0 Å². The Morgan fingerprint density at radius 1 is 1.42 bits per heavy atom. The van der Waals surface area contributed by atoms with E-state index < -0.39 is 0 Å². The Morgan fingerprint density at radius 3 is 2.53 bits per heavy atom. The predicted molar refractivity (Wildman–Crippen MR) is 77.1 cm³/mol. The molecule has 1 aromatic carbocycles. The maximum atomic E-state index is 11.0. The molecule has 0 radical (unpaired) electrons. The Kier molecular flexibility index (Phi) is 4.87. The van der Waals surface area contributed by atoms with E-state index in [9.17, 15) is 4.79 Å². The van der Waals surface area contributed by atoms with E-state index in [0.717, 1.165) is 5.56 Å². The third-order valence-corrected chi connectivity index (χ3v) is 4.13. The van der Waals surface area contributed by atoms with E-state index in [0.29, 0.717) is 11.4 Å². The highest BCUT2D eigenvalue weighted by molar-refractivity contribution is 6.30. The highest BCUT2D eigenvalue weighted by Gasteiger charge is 2.44. The van der Waals surface area contributed by atoms with Gasteiger partial charge in [-0.3, -0.25) is 4.79 Å². The van der Waals surface area contributed by atoms with Gasteiger partial charge < -0.3 is 4.74 Å². The fourth-order valence-electron chi connectivity index (χ4n) is 2.29. The minimum atomic E-state index is -0.235. The van der Waals surface area contributed by atoms with Crippen molar-refractivity contribution < 1.29 is 9.53 Å². The number of hydrogen-bond donors (Lipinski definition) is 0.